The number of hydrogen-bond acceptors (Lipinski definition) is 5. The molecule has 0 radical (unpaired) electrons. The predicted molar refractivity (Wildman–Crippen MR) is 77.3 cm³/mol. The Kier molecular flexibility index (Phi) is 3.61. The Morgan fingerprint density at radius 1 is 1.30 bits per heavy atom. The van der Waals surface area contributed by atoms with Crippen LogP contribution in [0, 0.1) is 0 Å². The lowest BCUT2D eigenvalue weighted by Gasteiger charge is -2.29. The molecular weight excluding hydrogens is 304 g/mol. The van der Waals surface area contributed by atoms with Gasteiger partial charge in [-0.25, -0.2) is 10.2 Å². The molecule has 4 amide bonds. The number of nitrogens with zero attached hydrogens (tertiary/aromatic N) is 1. The van der Waals surface area contributed by atoms with Crippen LogP contribution in [-0.4, -0.2) is 39.9 Å². The van der Waals surface area contributed by atoms with Crippen molar-refractivity contribution in [2.45, 2.75) is 25.4 Å². The lowest BCUT2D eigenvalue weighted by Crippen LogP contribution is -2.52. The van der Waals surface area contributed by atoms with Crippen LogP contribution in [0.2, 0.25) is 0 Å². The van der Waals surface area contributed by atoms with Gasteiger partial charge in [0, 0.05) is 24.1 Å². The van der Waals surface area contributed by atoms with E-state index in [1.807, 2.05) is 5.43 Å². The molecule has 1 aromatic rings. The summed E-state index contributed by atoms with van der Waals surface area (Å²) in [4.78, 5) is 47.7. The second kappa shape index (κ2) is 5.59. The first-order valence-corrected chi connectivity index (χ1v) is 6.99. The number of nitrogens with one attached hydrogen (secondary N) is 3. The molecule has 0 spiro atoms. The van der Waals surface area contributed by atoms with Gasteiger partial charge >= 0.3 is 6.09 Å². The molecule has 0 aromatic heterocycles. The van der Waals surface area contributed by atoms with Gasteiger partial charge in [-0.2, -0.15) is 0 Å². The maximum absolute atomic E-state index is 12.5. The van der Waals surface area contributed by atoms with Crippen molar-refractivity contribution < 1.29 is 24.3 Å². The third kappa shape index (κ3) is 2.68. The summed E-state index contributed by atoms with van der Waals surface area (Å²) in [6, 6.07) is 4.18. The third-order valence-electron chi connectivity index (χ3n) is 3.89. The van der Waals surface area contributed by atoms with Crippen LogP contribution in [0.5, 0.6) is 0 Å². The molecule has 3 rings (SSSR count). The zero-order valence-electron chi connectivity index (χ0n) is 12.0. The summed E-state index contributed by atoms with van der Waals surface area (Å²) >= 11 is 0. The Hall–Kier alpha value is -3.10. The van der Waals surface area contributed by atoms with Gasteiger partial charge in [0.25, 0.3) is 5.91 Å². The van der Waals surface area contributed by atoms with Crippen molar-refractivity contribution in [3.8, 4) is 0 Å². The topological polar surface area (TPSA) is 128 Å². The molecule has 2 aliphatic rings. The molecule has 23 heavy (non-hydrogen) atoms. The minimum atomic E-state index is -1.26. The van der Waals surface area contributed by atoms with Crippen molar-refractivity contribution in [1.82, 2.24) is 15.6 Å². The van der Waals surface area contributed by atoms with Crippen LogP contribution in [0.4, 0.5) is 10.5 Å². The van der Waals surface area contributed by atoms with E-state index in [0.29, 0.717) is 16.8 Å². The Morgan fingerprint density at radius 3 is 2.78 bits per heavy atom. The number of hydrogen-bond donors (Lipinski definition) is 4. The fourth-order valence-electron chi connectivity index (χ4n) is 2.82. The van der Waals surface area contributed by atoms with Gasteiger partial charge in [-0.1, -0.05) is 6.07 Å². The van der Waals surface area contributed by atoms with Crippen LogP contribution in [0.25, 0.3) is 0 Å². The van der Waals surface area contributed by atoms with Gasteiger partial charge in [0.15, 0.2) is 0 Å². The highest BCUT2D eigenvalue weighted by Gasteiger charge is 2.39. The van der Waals surface area contributed by atoms with E-state index in [4.69, 9.17) is 5.11 Å². The Morgan fingerprint density at radius 2 is 2.09 bits per heavy atom. The highest BCUT2D eigenvalue weighted by molar-refractivity contribution is 6.06. The van der Waals surface area contributed by atoms with E-state index < -0.39 is 18.0 Å². The maximum atomic E-state index is 12.5. The van der Waals surface area contributed by atoms with E-state index in [2.05, 4.69) is 10.7 Å². The van der Waals surface area contributed by atoms with E-state index in [1.165, 1.54) is 4.90 Å². The monoisotopic (exact) mass is 318 g/mol. The molecule has 4 N–H and O–H groups in total. The number of carbonyl (C=O) groups excluding carboxylic acids is 3. The van der Waals surface area contributed by atoms with Gasteiger partial charge in [0.1, 0.15) is 6.04 Å². The van der Waals surface area contributed by atoms with Crippen molar-refractivity contribution in [1.29, 1.82) is 0 Å². The molecule has 9 heteroatoms. The van der Waals surface area contributed by atoms with Crippen molar-refractivity contribution in [3.05, 3.63) is 29.3 Å². The van der Waals surface area contributed by atoms with E-state index in [1.54, 1.807) is 18.2 Å². The van der Waals surface area contributed by atoms with Crippen LogP contribution in [0.3, 0.4) is 0 Å². The normalized spacial score (nSPS) is 20.1. The molecule has 2 aliphatic heterocycles. The van der Waals surface area contributed by atoms with Crippen molar-refractivity contribution in [2.75, 3.05) is 5.43 Å². The van der Waals surface area contributed by atoms with Gasteiger partial charge in [-0.3, -0.25) is 25.1 Å². The van der Waals surface area contributed by atoms with Crippen LogP contribution < -0.4 is 16.2 Å². The second-order valence-corrected chi connectivity index (χ2v) is 5.29. The Balaban J connectivity index is 1.84. The number of fused-ring (bicyclic) bond motifs is 1. The van der Waals surface area contributed by atoms with Crippen LogP contribution in [0.1, 0.15) is 28.8 Å². The minimum Gasteiger partial charge on any atom is -0.464 e. The number of amides is 4. The molecule has 9 nitrogen and oxygen atoms in total. The highest BCUT2D eigenvalue weighted by Crippen LogP contribution is 2.31. The molecule has 0 bridgehead atoms. The van der Waals surface area contributed by atoms with Gasteiger partial charge < -0.3 is 10.0 Å². The van der Waals surface area contributed by atoms with E-state index in [-0.39, 0.29) is 31.2 Å². The summed E-state index contributed by atoms with van der Waals surface area (Å²) in [7, 11) is 0. The molecule has 120 valence electrons. The summed E-state index contributed by atoms with van der Waals surface area (Å²) in [5.41, 5.74) is 6.02. The van der Waals surface area contributed by atoms with Crippen LogP contribution >= 0.6 is 0 Å². The fourth-order valence-corrected chi connectivity index (χ4v) is 2.82. The van der Waals surface area contributed by atoms with Crippen molar-refractivity contribution in [2.24, 2.45) is 0 Å². The molecular formula is C14H14N4O5. The number of anilines is 1. The summed E-state index contributed by atoms with van der Waals surface area (Å²) in [6.45, 7) is 0.172. The van der Waals surface area contributed by atoms with Crippen LogP contribution in [-0.2, 0) is 16.1 Å². The zero-order chi connectivity index (χ0) is 16.6. The van der Waals surface area contributed by atoms with E-state index in [9.17, 15) is 19.2 Å². The SMILES string of the molecule is O=C(O)NNc1cccc2c1CN(C1CCC(=O)NC1=O)C2=O. The number of benzene rings is 1. The van der Waals surface area contributed by atoms with Gasteiger partial charge in [0.05, 0.1) is 5.69 Å². The first kappa shape index (κ1) is 14.8. The average molecular weight is 318 g/mol. The molecule has 1 fully saturated rings. The zero-order valence-corrected chi connectivity index (χ0v) is 12.0. The van der Waals surface area contributed by atoms with Gasteiger partial charge in [-0.15, -0.1) is 0 Å². The summed E-state index contributed by atoms with van der Waals surface area (Å²) < 4.78 is 0. The molecule has 1 unspecified atom stereocenters. The Bertz CT molecular complexity index is 717. The van der Waals surface area contributed by atoms with E-state index in [0.717, 1.165) is 0 Å². The third-order valence-corrected chi connectivity index (χ3v) is 3.89. The molecule has 2 heterocycles. The summed E-state index contributed by atoms with van der Waals surface area (Å²) in [6.07, 6.45) is -0.795. The Labute approximate surface area is 130 Å². The molecule has 0 aliphatic carbocycles. The standard InChI is InChI=1S/C14H14N4O5/c19-11-5-4-10(12(20)15-11)18-6-8-7(13(18)21)2-1-3-9(8)16-17-14(22)23/h1-3,10,16-17H,4-6H2,(H,22,23)(H,15,19,20). The molecule has 1 atom stereocenters. The second-order valence-electron chi connectivity index (χ2n) is 5.29. The summed E-state index contributed by atoms with van der Waals surface area (Å²) in [5.74, 6) is -1.14. The molecule has 1 saturated heterocycles. The number of hydrazine groups is 1. The highest BCUT2D eigenvalue weighted by atomic mass is 16.4. The van der Waals surface area contributed by atoms with Gasteiger partial charge in [0.2, 0.25) is 11.8 Å². The number of carboxylic acid groups (broad SMARTS) is 1. The lowest BCUT2D eigenvalue weighted by molar-refractivity contribution is -0.136. The smallest absolute Gasteiger partial charge is 0.423 e. The van der Waals surface area contributed by atoms with Crippen molar-refractivity contribution in [3.63, 3.8) is 0 Å². The van der Waals surface area contributed by atoms with Crippen molar-refractivity contribution >= 4 is 29.5 Å². The largest absolute Gasteiger partial charge is 0.464 e. The first-order chi connectivity index (χ1) is 11.0. The number of carbonyl (C=O) groups is 4. The lowest BCUT2D eigenvalue weighted by atomic mass is 10.0. The predicted octanol–water partition coefficient (Wildman–Crippen LogP) is 0.0421. The average Bonchev–Trinajstić information content (AvgIpc) is 2.83. The maximum Gasteiger partial charge on any atom is 0.423 e. The fraction of sp³-hybridized carbons (Fsp3) is 0.286. The molecule has 0 saturated carbocycles. The quantitative estimate of drug-likeness (QED) is 0.460. The van der Waals surface area contributed by atoms with Gasteiger partial charge in [-0.05, 0) is 18.6 Å². The van der Waals surface area contributed by atoms with Crippen LogP contribution in [0.15, 0.2) is 18.2 Å². The number of imide groups is 1. The molecule has 1 aromatic carbocycles. The first-order valence-electron chi connectivity index (χ1n) is 6.99. The number of rotatable bonds is 3. The number of piperidine rings is 1. The van der Waals surface area contributed by atoms with E-state index >= 15 is 0 Å². The summed E-state index contributed by atoms with van der Waals surface area (Å²) in [5, 5.41) is 10.9. The minimum absolute atomic E-state index is 0.172.